The summed E-state index contributed by atoms with van der Waals surface area (Å²) in [5, 5.41) is 11.2. The first-order valence-electron chi connectivity index (χ1n) is 15.2. The van der Waals surface area contributed by atoms with Crippen molar-refractivity contribution in [1.29, 1.82) is 0 Å². The first-order chi connectivity index (χ1) is 21.0. The zero-order valence-electron chi connectivity index (χ0n) is 25.9. The number of anilines is 1. The molecule has 3 amide bonds. The summed E-state index contributed by atoms with van der Waals surface area (Å²) in [6.45, 7) is 13.5. The average molecular weight is 620 g/mol. The molecule has 3 fully saturated rings. The summed E-state index contributed by atoms with van der Waals surface area (Å²) in [5.41, 5.74) is -0.0170. The first kappa shape index (κ1) is 31.9. The highest BCUT2D eigenvalue weighted by Crippen LogP contribution is 2.66. The number of benzene rings is 2. The van der Waals surface area contributed by atoms with Gasteiger partial charge in [-0.05, 0) is 49.8 Å². The van der Waals surface area contributed by atoms with Crippen LogP contribution in [0.5, 0.6) is 0 Å². The van der Waals surface area contributed by atoms with Gasteiger partial charge in [0.15, 0.2) is 0 Å². The maximum absolute atomic E-state index is 15.1. The minimum Gasteiger partial charge on any atom is -0.394 e. The van der Waals surface area contributed by atoms with Crippen molar-refractivity contribution in [3.8, 4) is 0 Å². The fourth-order valence-corrected chi connectivity index (χ4v) is 8.24. The standard InChI is InChI=1S/C35H42ClN3O5/c1-7-17-37(6)31(41)27-28-32(42)39(25(21-40)19-24-14-10-9-11-15-24)30(35(28)20-23(4)34(27,5)44-35)33(43)38(18-8-2)29-22(3)13-12-16-26(29)36/h7-16,23,25,27-28,30,40H,1-2,17-21H2,3-6H3/t23?,25-,27+,28+,30?,34-,35?/m1/s1. The summed E-state index contributed by atoms with van der Waals surface area (Å²) in [6, 6.07) is 13.1. The Labute approximate surface area is 264 Å². The molecule has 0 aliphatic carbocycles. The number of aliphatic hydroxyl groups is 1. The Hall–Kier alpha value is -3.46. The molecule has 8 nitrogen and oxygen atoms in total. The fraction of sp³-hybridized carbons (Fsp3) is 0.457. The number of ether oxygens (including phenoxy) is 1. The third-order valence-corrected chi connectivity index (χ3v) is 10.3. The Balaban J connectivity index is 1.69. The van der Waals surface area contributed by atoms with Crippen molar-refractivity contribution in [2.45, 2.75) is 56.9 Å². The van der Waals surface area contributed by atoms with E-state index in [0.29, 0.717) is 30.1 Å². The number of rotatable bonds is 11. The topological polar surface area (TPSA) is 90.4 Å². The smallest absolute Gasteiger partial charge is 0.253 e. The minimum absolute atomic E-state index is 0.121. The second-order valence-electron chi connectivity index (χ2n) is 12.6. The number of amides is 3. The van der Waals surface area contributed by atoms with Crippen LogP contribution >= 0.6 is 11.6 Å². The number of nitrogens with zero attached hydrogens (tertiary/aromatic N) is 3. The van der Waals surface area contributed by atoms with Gasteiger partial charge in [0.2, 0.25) is 11.8 Å². The molecule has 0 saturated carbocycles. The van der Waals surface area contributed by atoms with Crippen LogP contribution in [0.15, 0.2) is 73.8 Å². The van der Waals surface area contributed by atoms with Crippen LogP contribution in [0, 0.1) is 24.7 Å². The lowest BCUT2D eigenvalue weighted by Gasteiger charge is -2.40. The van der Waals surface area contributed by atoms with Crippen molar-refractivity contribution in [2.75, 3.05) is 31.6 Å². The molecule has 44 heavy (non-hydrogen) atoms. The number of halogens is 1. The van der Waals surface area contributed by atoms with E-state index in [1.165, 1.54) is 4.90 Å². The van der Waals surface area contributed by atoms with E-state index in [1.54, 1.807) is 35.1 Å². The van der Waals surface area contributed by atoms with Gasteiger partial charge in [-0.2, -0.15) is 0 Å². The highest BCUT2D eigenvalue weighted by Gasteiger charge is 2.80. The maximum Gasteiger partial charge on any atom is 0.253 e. The number of hydrogen-bond acceptors (Lipinski definition) is 5. The van der Waals surface area contributed by atoms with Gasteiger partial charge >= 0.3 is 0 Å². The third kappa shape index (κ3) is 4.88. The van der Waals surface area contributed by atoms with Gasteiger partial charge in [-0.15, -0.1) is 13.2 Å². The number of fused-ring (bicyclic) bond motifs is 1. The second kappa shape index (κ2) is 12.1. The van der Waals surface area contributed by atoms with Crippen molar-refractivity contribution >= 4 is 35.0 Å². The van der Waals surface area contributed by atoms with E-state index < -0.39 is 35.1 Å². The van der Waals surface area contributed by atoms with Gasteiger partial charge in [0.25, 0.3) is 5.91 Å². The Kier molecular flexibility index (Phi) is 8.82. The molecule has 0 aromatic heterocycles. The largest absolute Gasteiger partial charge is 0.394 e. The van der Waals surface area contributed by atoms with E-state index in [4.69, 9.17) is 16.3 Å². The Morgan fingerprint density at radius 3 is 2.43 bits per heavy atom. The molecule has 2 bridgehead atoms. The molecule has 2 aromatic rings. The number of aryl methyl sites for hydroxylation is 1. The summed E-state index contributed by atoms with van der Waals surface area (Å²) in [6.07, 6.45) is 4.00. The number of carbonyl (C=O) groups is 3. The van der Waals surface area contributed by atoms with Gasteiger partial charge in [0.05, 0.1) is 40.8 Å². The van der Waals surface area contributed by atoms with Crippen LogP contribution in [-0.4, -0.2) is 82.7 Å². The van der Waals surface area contributed by atoms with Crippen LogP contribution in [-0.2, 0) is 25.5 Å². The number of para-hydroxylation sites is 1. The van der Waals surface area contributed by atoms with Crippen LogP contribution in [0.25, 0.3) is 0 Å². The summed E-state index contributed by atoms with van der Waals surface area (Å²) < 4.78 is 6.93. The van der Waals surface area contributed by atoms with E-state index in [0.717, 1.165) is 11.1 Å². The van der Waals surface area contributed by atoms with Gasteiger partial charge in [-0.1, -0.05) is 73.1 Å². The highest BCUT2D eigenvalue weighted by atomic mass is 35.5. The lowest BCUT2D eigenvalue weighted by molar-refractivity contribution is -0.153. The number of aliphatic hydroxyl groups excluding tert-OH is 1. The number of hydrogen-bond donors (Lipinski definition) is 1. The second-order valence-corrected chi connectivity index (χ2v) is 13.0. The number of likely N-dealkylation sites (tertiary alicyclic amines) is 1. The van der Waals surface area contributed by atoms with E-state index in [2.05, 4.69) is 13.2 Å². The van der Waals surface area contributed by atoms with E-state index in [-0.39, 0.29) is 36.8 Å². The monoisotopic (exact) mass is 619 g/mol. The third-order valence-electron chi connectivity index (χ3n) is 9.99. The molecular weight excluding hydrogens is 578 g/mol. The van der Waals surface area contributed by atoms with Crippen LogP contribution in [0.1, 0.15) is 31.4 Å². The molecule has 9 heteroatoms. The maximum atomic E-state index is 15.1. The molecule has 1 spiro atoms. The van der Waals surface area contributed by atoms with E-state index in [1.807, 2.05) is 63.2 Å². The van der Waals surface area contributed by atoms with Gasteiger partial charge in [-0.3, -0.25) is 14.4 Å². The van der Waals surface area contributed by atoms with Crippen molar-refractivity contribution in [3.63, 3.8) is 0 Å². The van der Waals surface area contributed by atoms with E-state index >= 15 is 4.79 Å². The van der Waals surface area contributed by atoms with Crippen molar-refractivity contribution in [2.24, 2.45) is 17.8 Å². The molecule has 3 aliphatic rings. The fourth-order valence-electron chi connectivity index (χ4n) is 7.92. The molecule has 3 unspecified atom stereocenters. The summed E-state index contributed by atoms with van der Waals surface area (Å²) in [4.78, 5) is 48.6. The molecular formula is C35H42ClN3O5. The Morgan fingerprint density at radius 2 is 1.82 bits per heavy atom. The molecule has 3 heterocycles. The van der Waals surface area contributed by atoms with Crippen molar-refractivity contribution in [1.82, 2.24) is 9.80 Å². The van der Waals surface area contributed by atoms with E-state index in [9.17, 15) is 14.7 Å². The normalized spacial score (nSPS) is 29.3. The predicted molar refractivity (Wildman–Crippen MR) is 171 cm³/mol. The van der Waals surface area contributed by atoms with Crippen LogP contribution < -0.4 is 4.90 Å². The van der Waals surface area contributed by atoms with Crippen LogP contribution in [0.4, 0.5) is 5.69 Å². The molecule has 0 radical (unpaired) electrons. The van der Waals surface area contributed by atoms with Gasteiger partial charge in [0.1, 0.15) is 11.6 Å². The van der Waals surface area contributed by atoms with Gasteiger partial charge < -0.3 is 24.5 Å². The molecule has 3 aliphatic heterocycles. The Morgan fingerprint density at radius 1 is 1.14 bits per heavy atom. The SMILES string of the molecule is C=CCN(C)C(=O)[C@@H]1[C@H]2C(=O)N([C@@H](CO)Cc3ccccc3)C(C(=O)N(CC=C)c3c(C)cccc3Cl)C23CC(C)[C@@]1(C)O3. The van der Waals surface area contributed by atoms with Gasteiger partial charge in [0, 0.05) is 20.1 Å². The molecule has 1 N–H and O–H groups in total. The summed E-state index contributed by atoms with van der Waals surface area (Å²) >= 11 is 6.70. The van der Waals surface area contributed by atoms with Crippen molar-refractivity contribution < 1.29 is 24.2 Å². The highest BCUT2D eigenvalue weighted by molar-refractivity contribution is 6.34. The zero-order valence-corrected chi connectivity index (χ0v) is 26.7. The summed E-state index contributed by atoms with van der Waals surface area (Å²) in [7, 11) is 1.69. The Bertz CT molecular complexity index is 1450. The van der Waals surface area contributed by atoms with Crippen molar-refractivity contribution in [3.05, 3.63) is 90.0 Å². The zero-order chi connectivity index (χ0) is 32.0. The molecule has 2 aromatic carbocycles. The minimum atomic E-state index is -1.28. The van der Waals surface area contributed by atoms with Gasteiger partial charge in [-0.25, -0.2) is 0 Å². The molecule has 7 atom stereocenters. The molecule has 3 saturated heterocycles. The lowest BCUT2D eigenvalue weighted by atomic mass is 9.62. The van der Waals surface area contributed by atoms with Crippen LogP contribution in [0.2, 0.25) is 5.02 Å². The summed E-state index contributed by atoms with van der Waals surface area (Å²) in [5.74, 6) is -2.79. The average Bonchev–Trinajstić information content (AvgIpc) is 3.51. The van der Waals surface area contributed by atoms with Crippen LogP contribution in [0.3, 0.4) is 0 Å². The quantitative estimate of drug-likeness (QED) is 0.376. The number of carbonyl (C=O) groups excluding carboxylic acids is 3. The number of likely N-dealkylation sites (N-methyl/N-ethyl adjacent to an activating group) is 1. The molecule has 234 valence electrons. The lowest BCUT2D eigenvalue weighted by Crippen LogP contribution is -2.59. The predicted octanol–water partition coefficient (Wildman–Crippen LogP) is 4.43. The first-order valence-corrected chi connectivity index (χ1v) is 15.5. The molecule has 5 rings (SSSR count).